The van der Waals surface area contributed by atoms with Gasteiger partial charge in [-0.25, -0.2) is 5.48 Å². The van der Waals surface area contributed by atoms with Crippen molar-refractivity contribution in [2.45, 2.75) is 25.7 Å². The lowest BCUT2D eigenvalue weighted by atomic mass is 10.1. The first-order valence-corrected chi connectivity index (χ1v) is 6.52. The molecule has 0 aliphatic carbocycles. The smallest absolute Gasteiger partial charge is 0.268 e. The number of hydrogen-bond donors (Lipinski definition) is 5. The standard InChI is InChI=1S/C12H15BrN2O5/c1-6(17)10(12(19)15-20)14-11(18)7-2-3-8(5-16)9(13)4-7/h2-4,6,10,16-17,20H,5H2,1H3,(H,14,18)(H,15,19)/t6-,10+/m1/s1. The number of hydrogen-bond acceptors (Lipinski definition) is 5. The van der Waals surface area contributed by atoms with Crippen LogP contribution in [-0.2, 0) is 11.4 Å². The van der Waals surface area contributed by atoms with Crippen LogP contribution < -0.4 is 10.8 Å². The van der Waals surface area contributed by atoms with Gasteiger partial charge in [-0.1, -0.05) is 22.0 Å². The maximum absolute atomic E-state index is 12.0. The lowest BCUT2D eigenvalue weighted by molar-refractivity contribution is -0.133. The minimum absolute atomic E-state index is 0.175. The van der Waals surface area contributed by atoms with Crippen LogP contribution >= 0.6 is 15.9 Å². The van der Waals surface area contributed by atoms with Crippen LogP contribution in [0.1, 0.15) is 22.8 Å². The molecule has 1 aromatic carbocycles. The Bertz CT molecular complexity index is 507. The number of aliphatic hydroxyl groups is 2. The SMILES string of the molecule is C[C@@H](O)[C@H](NC(=O)c1ccc(CO)c(Br)c1)C(=O)NO. The van der Waals surface area contributed by atoms with Gasteiger partial charge in [0.15, 0.2) is 0 Å². The Morgan fingerprint density at radius 3 is 2.50 bits per heavy atom. The van der Waals surface area contributed by atoms with Gasteiger partial charge in [-0.05, 0) is 24.6 Å². The van der Waals surface area contributed by atoms with E-state index in [9.17, 15) is 14.7 Å². The summed E-state index contributed by atoms with van der Waals surface area (Å²) in [7, 11) is 0. The third-order valence-corrected chi connectivity index (χ3v) is 3.39. The summed E-state index contributed by atoms with van der Waals surface area (Å²) in [4.78, 5) is 23.3. The molecule has 0 saturated carbocycles. The summed E-state index contributed by atoms with van der Waals surface area (Å²) in [5.74, 6) is -1.51. The molecule has 0 bridgehead atoms. The Morgan fingerprint density at radius 1 is 1.40 bits per heavy atom. The third-order valence-electron chi connectivity index (χ3n) is 2.65. The van der Waals surface area contributed by atoms with Crippen LogP contribution in [0.5, 0.6) is 0 Å². The molecule has 5 N–H and O–H groups in total. The fourth-order valence-corrected chi connectivity index (χ4v) is 2.02. The molecule has 0 saturated heterocycles. The lowest BCUT2D eigenvalue weighted by Gasteiger charge is -2.19. The van der Waals surface area contributed by atoms with E-state index in [2.05, 4.69) is 21.2 Å². The summed E-state index contributed by atoms with van der Waals surface area (Å²) in [5, 5.41) is 29.3. The largest absolute Gasteiger partial charge is 0.392 e. The first-order valence-electron chi connectivity index (χ1n) is 5.72. The fraction of sp³-hybridized carbons (Fsp3) is 0.333. The average molecular weight is 347 g/mol. The molecule has 0 aliphatic heterocycles. The van der Waals surface area contributed by atoms with Crippen LogP contribution in [0.4, 0.5) is 0 Å². The zero-order chi connectivity index (χ0) is 15.3. The van der Waals surface area contributed by atoms with Gasteiger partial charge >= 0.3 is 0 Å². The first kappa shape index (κ1) is 16.6. The second kappa shape index (κ2) is 7.34. The molecule has 110 valence electrons. The van der Waals surface area contributed by atoms with Crippen molar-refractivity contribution < 1.29 is 25.0 Å². The molecular weight excluding hydrogens is 332 g/mol. The Morgan fingerprint density at radius 2 is 2.05 bits per heavy atom. The first-order chi connectivity index (χ1) is 9.40. The van der Waals surface area contributed by atoms with E-state index in [0.29, 0.717) is 10.0 Å². The van der Waals surface area contributed by atoms with E-state index in [-0.39, 0.29) is 12.2 Å². The summed E-state index contributed by atoms with van der Waals surface area (Å²) in [6, 6.07) is 3.24. The Kier molecular flexibility index (Phi) is 6.08. The second-order valence-corrected chi connectivity index (χ2v) is 4.99. The summed E-state index contributed by atoms with van der Waals surface area (Å²) in [6.07, 6.45) is -1.17. The number of benzene rings is 1. The van der Waals surface area contributed by atoms with Crippen LogP contribution in [-0.4, -0.2) is 39.4 Å². The number of halogens is 1. The molecule has 0 aromatic heterocycles. The predicted octanol–water partition coefficient (Wildman–Crippen LogP) is -0.0740. The van der Waals surface area contributed by atoms with Crippen molar-refractivity contribution >= 4 is 27.7 Å². The molecule has 1 aromatic rings. The molecule has 0 spiro atoms. The number of amides is 2. The quantitative estimate of drug-likeness (QED) is 0.377. The Hall–Kier alpha value is -1.48. The number of nitrogens with one attached hydrogen (secondary N) is 2. The third kappa shape index (κ3) is 4.01. The van der Waals surface area contributed by atoms with Gasteiger partial charge in [-0.2, -0.15) is 0 Å². The van der Waals surface area contributed by atoms with Gasteiger partial charge in [0.05, 0.1) is 12.7 Å². The van der Waals surface area contributed by atoms with Gasteiger partial charge in [-0.3, -0.25) is 14.8 Å². The number of hydroxylamine groups is 1. The van der Waals surface area contributed by atoms with Crippen LogP contribution in [0, 0.1) is 0 Å². The lowest BCUT2D eigenvalue weighted by Crippen LogP contribution is -2.51. The van der Waals surface area contributed by atoms with Crippen molar-refractivity contribution in [1.29, 1.82) is 0 Å². The molecule has 0 aliphatic rings. The van der Waals surface area contributed by atoms with Crippen molar-refractivity contribution in [1.82, 2.24) is 10.8 Å². The average Bonchev–Trinajstić information content (AvgIpc) is 2.43. The van der Waals surface area contributed by atoms with Gasteiger partial charge in [-0.15, -0.1) is 0 Å². The van der Waals surface area contributed by atoms with E-state index in [1.165, 1.54) is 24.5 Å². The summed E-state index contributed by atoms with van der Waals surface area (Å²) in [6.45, 7) is 1.14. The van der Waals surface area contributed by atoms with E-state index in [1.54, 1.807) is 6.07 Å². The number of rotatable bonds is 5. The topological polar surface area (TPSA) is 119 Å². The van der Waals surface area contributed by atoms with Crippen LogP contribution in [0.25, 0.3) is 0 Å². The molecule has 2 amide bonds. The van der Waals surface area contributed by atoms with Crippen molar-refractivity contribution in [3.8, 4) is 0 Å². The molecule has 2 atom stereocenters. The minimum atomic E-state index is -1.27. The zero-order valence-electron chi connectivity index (χ0n) is 10.6. The van der Waals surface area contributed by atoms with Crippen molar-refractivity contribution in [3.05, 3.63) is 33.8 Å². The molecule has 7 nitrogen and oxygen atoms in total. The monoisotopic (exact) mass is 346 g/mol. The number of aliphatic hydroxyl groups excluding tert-OH is 2. The van der Waals surface area contributed by atoms with E-state index in [0.717, 1.165) is 0 Å². The van der Waals surface area contributed by atoms with Crippen molar-refractivity contribution in [3.63, 3.8) is 0 Å². The molecule has 0 radical (unpaired) electrons. The van der Waals surface area contributed by atoms with Crippen LogP contribution in [0.15, 0.2) is 22.7 Å². The fourth-order valence-electron chi connectivity index (χ4n) is 1.52. The Balaban J connectivity index is 2.89. The molecule has 20 heavy (non-hydrogen) atoms. The van der Waals surface area contributed by atoms with Gasteiger partial charge in [0.25, 0.3) is 11.8 Å². The number of carbonyl (C=O) groups is 2. The highest BCUT2D eigenvalue weighted by atomic mass is 79.9. The highest BCUT2D eigenvalue weighted by molar-refractivity contribution is 9.10. The van der Waals surface area contributed by atoms with Gasteiger partial charge in [0.1, 0.15) is 6.04 Å². The molecule has 8 heteroatoms. The van der Waals surface area contributed by atoms with Crippen LogP contribution in [0.3, 0.4) is 0 Å². The highest BCUT2D eigenvalue weighted by Gasteiger charge is 2.25. The molecule has 1 rings (SSSR count). The van der Waals surface area contributed by atoms with Gasteiger partial charge in [0, 0.05) is 10.0 Å². The second-order valence-electron chi connectivity index (χ2n) is 4.13. The van der Waals surface area contributed by atoms with Gasteiger partial charge < -0.3 is 15.5 Å². The molecule has 0 unspecified atom stereocenters. The normalized spacial score (nSPS) is 13.4. The van der Waals surface area contributed by atoms with E-state index in [1.807, 2.05) is 0 Å². The predicted molar refractivity (Wildman–Crippen MR) is 72.9 cm³/mol. The van der Waals surface area contributed by atoms with Crippen LogP contribution in [0.2, 0.25) is 0 Å². The summed E-state index contributed by atoms with van der Waals surface area (Å²) >= 11 is 3.20. The highest BCUT2D eigenvalue weighted by Crippen LogP contribution is 2.18. The zero-order valence-corrected chi connectivity index (χ0v) is 12.2. The minimum Gasteiger partial charge on any atom is -0.392 e. The number of carbonyl (C=O) groups excluding carboxylic acids is 2. The molecule has 0 heterocycles. The maximum Gasteiger partial charge on any atom is 0.268 e. The van der Waals surface area contributed by atoms with E-state index < -0.39 is 24.0 Å². The van der Waals surface area contributed by atoms with E-state index in [4.69, 9.17) is 10.3 Å². The van der Waals surface area contributed by atoms with Crippen molar-refractivity contribution in [2.24, 2.45) is 0 Å². The maximum atomic E-state index is 12.0. The van der Waals surface area contributed by atoms with Gasteiger partial charge in [0.2, 0.25) is 0 Å². The molecular formula is C12H15BrN2O5. The summed E-state index contributed by atoms with van der Waals surface area (Å²) in [5.41, 5.74) is 2.23. The van der Waals surface area contributed by atoms with E-state index >= 15 is 0 Å². The van der Waals surface area contributed by atoms with Crippen molar-refractivity contribution in [2.75, 3.05) is 0 Å². The summed E-state index contributed by atoms with van der Waals surface area (Å²) < 4.78 is 0.549. The Labute approximate surface area is 123 Å². The molecule has 0 fully saturated rings.